The van der Waals surface area contributed by atoms with Gasteiger partial charge in [-0.1, -0.05) is 6.42 Å². The number of unbranched alkanes of at least 4 members (excludes halogenated alkanes) is 1. The van der Waals surface area contributed by atoms with E-state index in [9.17, 15) is 9.59 Å². The molecular formula is C14H25NO5. The molecule has 20 heavy (non-hydrogen) atoms. The van der Waals surface area contributed by atoms with Gasteiger partial charge in [0.05, 0.1) is 25.0 Å². The van der Waals surface area contributed by atoms with Crippen molar-refractivity contribution in [3.8, 4) is 0 Å². The Morgan fingerprint density at radius 3 is 2.60 bits per heavy atom. The largest absolute Gasteiger partial charge is 0.481 e. The highest BCUT2D eigenvalue weighted by Crippen LogP contribution is 2.31. The summed E-state index contributed by atoms with van der Waals surface area (Å²) in [6.07, 6.45) is 3.83. The van der Waals surface area contributed by atoms with Crippen molar-refractivity contribution < 1.29 is 24.2 Å². The molecule has 0 aliphatic heterocycles. The molecule has 6 nitrogen and oxygen atoms in total. The van der Waals surface area contributed by atoms with E-state index in [1.807, 2.05) is 0 Å². The minimum absolute atomic E-state index is 0.116. The molecule has 6 heteroatoms. The first-order valence-corrected chi connectivity index (χ1v) is 7.24. The van der Waals surface area contributed by atoms with Crippen LogP contribution in [0.1, 0.15) is 32.1 Å². The Kier molecular flexibility index (Phi) is 8.22. The zero-order valence-corrected chi connectivity index (χ0v) is 12.1. The van der Waals surface area contributed by atoms with Gasteiger partial charge < -0.3 is 19.9 Å². The van der Waals surface area contributed by atoms with Crippen molar-refractivity contribution in [3.63, 3.8) is 0 Å². The van der Waals surface area contributed by atoms with Gasteiger partial charge in [-0.15, -0.1) is 0 Å². The molecule has 116 valence electrons. The fourth-order valence-electron chi connectivity index (χ4n) is 2.49. The quantitative estimate of drug-likeness (QED) is 0.587. The number of ether oxygens (including phenoxy) is 2. The number of carbonyl (C=O) groups is 2. The molecule has 2 N–H and O–H groups in total. The van der Waals surface area contributed by atoms with Crippen LogP contribution in [0.15, 0.2) is 0 Å². The van der Waals surface area contributed by atoms with Crippen molar-refractivity contribution >= 4 is 11.9 Å². The molecule has 0 spiro atoms. The monoisotopic (exact) mass is 287 g/mol. The van der Waals surface area contributed by atoms with Crippen molar-refractivity contribution in [1.82, 2.24) is 5.32 Å². The molecule has 1 rings (SSSR count). The maximum absolute atomic E-state index is 11.9. The molecule has 2 unspecified atom stereocenters. The summed E-state index contributed by atoms with van der Waals surface area (Å²) in [6.45, 7) is 2.41. The van der Waals surface area contributed by atoms with E-state index in [4.69, 9.17) is 14.6 Å². The van der Waals surface area contributed by atoms with Crippen molar-refractivity contribution in [2.75, 3.05) is 33.5 Å². The Hall–Kier alpha value is -1.14. The zero-order valence-electron chi connectivity index (χ0n) is 12.1. The summed E-state index contributed by atoms with van der Waals surface area (Å²) in [5, 5.41) is 11.9. The minimum atomic E-state index is -0.853. The van der Waals surface area contributed by atoms with Crippen molar-refractivity contribution in [3.05, 3.63) is 0 Å². The van der Waals surface area contributed by atoms with Crippen LogP contribution in [0, 0.1) is 11.8 Å². The Labute approximate surface area is 119 Å². The number of rotatable bonds is 10. The molecule has 0 aromatic heterocycles. The lowest BCUT2D eigenvalue weighted by Crippen LogP contribution is -2.35. The topological polar surface area (TPSA) is 84.9 Å². The average Bonchev–Trinajstić information content (AvgIpc) is 2.91. The van der Waals surface area contributed by atoms with Gasteiger partial charge in [0.25, 0.3) is 0 Å². The Morgan fingerprint density at radius 2 is 1.90 bits per heavy atom. The zero-order chi connectivity index (χ0) is 14.8. The summed E-state index contributed by atoms with van der Waals surface area (Å²) in [5.74, 6) is -1.83. The molecule has 1 aliphatic rings. The molecule has 1 fully saturated rings. The van der Waals surface area contributed by atoms with Crippen molar-refractivity contribution in [1.29, 1.82) is 0 Å². The molecule has 0 aromatic carbocycles. The molecule has 0 bridgehead atoms. The third-order valence-corrected chi connectivity index (χ3v) is 3.62. The highest BCUT2D eigenvalue weighted by molar-refractivity contribution is 5.85. The Morgan fingerprint density at radius 1 is 1.15 bits per heavy atom. The number of hydrogen-bond acceptors (Lipinski definition) is 4. The predicted octanol–water partition coefficient (Wildman–Crippen LogP) is 1.05. The van der Waals surface area contributed by atoms with Crippen LogP contribution in [0.5, 0.6) is 0 Å². The second-order valence-electron chi connectivity index (χ2n) is 5.09. The van der Waals surface area contributed by atoms with Gasteiger partial charge in [-0.05, 0) is 25.7 Å². The van der Waals surface area contributed by atoms with Gasteiger partial charge in [0, 0.05) is 20.3 Å². The summed E-state index contributed by atoms with van der Waals surface area (Å²) in [5.41, 5.74) is 0. The van der Waals surface area contributed by atoms with Gasteiger partial charge in [0.2, 0.25) is 5.91 Å². The lowest BCUT2D eigenvalue weighted by Gasteiger charge is -2.15. The van der Waals surface area contributed by atoms with E-state index in [-0.39, 0.29) is 11.8 Å². The minimum Gasteiger partial charge on any atom is -0.481 e. The van der Waals surface area contributed by atoms with E-state index in [0.717, 1.165) is 19.3 Å². The first kappa shape index (κ1) is 16.9. The van der Waals surface area contributed by atoms with E-state index in [2.05, 4.69) is 5.32 Å². The van der Waals surface area contributed by atoms with Crippen LogP contribution >= 0.6 is 0 Å². The fourth-order valence-corrected chi connectivity index (χ4v) is 2.49. The summed E-state index contributed by atoms with van der Waals surface area (Å²) in [6, 6.07) is 0. The number of carboxylic acid groups (broad SMARTS) is 1. The second kappa shape index (κ2) is 9.72. The van der Waals surface area contributed by atoms with Gasteiger partial charge in [-0.2, -0.15) is 0 Å². The molecule has 0 saturated heterocycles. The molecular weight excluding hydrogens is 262 g/mol. The summed E-state index contributed by atoms with van der Waals surface area (Å²) < 4.78 is 10.2. The van der Waals surface area contributed by atoms with E-state index in [1.165, 1.54) is 0 Å². The number of nitrogens with one attached hydrogen (secondary N) is 1. The van der Waals surface area contributed by atoms with Crippen LogP contribution in [0.2, 0.25) is 0 Å². The van der Waals surface area contributed by atoms with E-state index < -0.39 is 11.9 Å². The van der Waals surface area contributed by atoms with Crippen molar-refractivity contribution in [2.45, 2.75) is 32.1 Å². The van der Waals surface area contributed by atoms with Crippen molar-refractivity contribution in [2.24, 2.45) is 11.8 Å². The second-order valence-corrected chi connectivity index (χ2v) is 5.09. The third kappa shape index (κ3) is 5.88. The molecule has 0 radical (unpaired) electrons. The lowest BCUT2D eigenvalue weighted by atomic mass is 9.95. The number of carboxylic acids is 1. The smallest absolute Gasteiger partial charge is 0.307 e. The highest BCUT2D eigenvalue weighted by atomic mass is 16.5. The number of hydrogen-bond donors (Lipinski definition) is 2. The molecule has 1 saturated carbocycles. The van der Waals surface area contributed by atoms with Gasteiger partial charge in [-0.25, -0.2) is 0 Å². The molecule has 1 aliphatic carbocycles. The maximum Gasteiger partial charge on any atom is 0.307 e. The van der Waals surface area contributed by atoms with E-state index >= 15 is 0 Å². The van der Waals surface area contributed by atoms with E-state index in [0.29, 0.717) is 39.2 Å². The fraction of sp³-hybridized carbons (Fsp3) is 0.857. The standard InChI is InChI=1S/C14H25NO5/c1-19-9-10-20-8-3-2-7-15-13(16)11-5-4-6-12(11)14(17)18/h11-12H,2-10H2,1H3,(H,15,16)(H,17,18). The van der Waals surface area contributed by atoms with E-state index in [1.54, 1.807) is 7.11 Å². The number of carbonyl (C=O) groups excluding carboxylic acids is 1. The number of aliphatic carboxylic acids is 1. The first-order valence-electron chi connectivity index (χ1n) is 7.24. The average molecular weight is 287 g/mol. The lowest BCUT2D eigenvalue weighted by molar-refractivity contribution is -0.146. The molecule has 2 atom stereocenters. The maximum atomic E-state index is 11.9. The van der Waals surface area contributed by atoms with Crippen LogP contribution < -0.4 is 5.32 Å². The van der Waals surface area contributed by atoms with Gasteiger partial charge in [0.15, 0.2) is 0 Å². The van der Waals surface area contributed by atoms with Gasteiger partial charge in [-0.3, -0.25) is 9.59 Å². The highest BCUT2D eigenvalue weighted by Gasteiger charge is 2.37. The summed E-state index contributed by atoms with van der Waals surface area (Å²) >= 11 is 0. The Bertz CT molecular complexity index is 308. The van der Waals surface area contributed by atoms with Crippen LogP contribution in [-0.4, -0.2) is 50.5 Å². The van der Waals surface area contributed by atoms with Crippen LogP contribution in [0.25, 0.3) is 0 Å². The van der Waals surface area contributed by atoms with Crippen LogP contribution in [-0.2, 0) is 19.1 Å². The molecule has 0 aromatic rings. The molecule has 1 amide bonds. The Balaban J connectivity index is 2.07. The molecule has 0 heterocycles. The summed E-state index contributed by atoms with van der Waals surface area (Å²) in [7, 11) is 1.63. The first-order chi connectivity index (χ1) is 9.66. The number of amides is 1. The van der Waals surface area contributed by atoms with Crippen LogP contribution in [0.4, 0.5) is 0 Å². The van der Waals surface area contributed by atoms with Crippen LogP contribution in [0.3, 0.4) is 0 Å². The summed E-state index contributed by atoms with van der Waals surface area (Å²) in [4.78, 5) is 22.9. The predicted molar refractivity (Wildman–Crippen MR) is 73.4 cm³/mol. The van der Waals surface area contributed by atoms with Gasteiger partial charge in [0.1, 0.15) is 0 Å². The SMILES string of the molecule is COCCOCCCCNC(=O)C1CCCC1C(=O)O. The normalized spacial score (nSPS) is 21.9. The number of methoxy groups -OCH3 is 1. The third-order valence-electron chi connectivity index (χ3n) is 3.62. The van der Waals surface area contributed by atoms with Gasteiger partial charge >= 0.3 is 5.97 Å².